The second-order valence-corrected chi connectivity index (χ2v) is 7.25. The van der Waals surface area contributed by atoms with Crippen LogP contribution < -0.4 is 0 Å². The lowest BCUT2D eigenvalue weighted by molar-refractivity contribution is 0.0690. The summed E-state index contributed by atoms with van der Waals surface area (Å²) in [5, 5.41) is 33.3. The third kappa shape index (κ3) is 3.83. The van der Waals surface area contributed by atoms with Crippen LogP contribution >= 0.6 is 0 Å². The number of aromatic nitrogens is 3. The topological polar surface area (TPSA) is 112 Å². The van der Waals surface area contributed by atoms with Gasteiger partial charge in [-0.3, -0.25) is 0 Å². The van der Waals surface area contributed by atoms with E-state index < -0.39 is 5.97 Å². The predicted octanol–water partition coefficient (Wildman–Crippen LogP) is 4.22. The first-order valence-electron chi connectivity index (χ1n) is 9.94. The average Bonchev–Trinajstić information content (AvgIpc) is 3.22. The van der Waals surface area contributed by atoms with Crippen LogP contribution in [0.15, 0.2) is 54.6 Å². The molecule has 0 radical (unpaired) electrons. The lowest BCUT2D eigenvalue weighted by Gasteiger charge is -2.12. The standard InChI is InChI=1S/C24H20N4O3/c1-2-5-20-19(23(29)28-22(26-20)13-21(27-28)24(30)31)12-15-8-10-16(11-9-15)18-7-4-3-6-17(18)14-25/h3-4,6-11,13,29H,2,5,12H2,1H3,(H,30,31). The highest BCUT2D eigenvalue weighted by Gasteiger charge is 2.19. The van der Waals surface area contributed by atoms with E-state index in [1.54, 1.807) is 6.07 Å². The molecule has 31 heavy (non-hydrogen) atoms. The number of nitriles is 1. The van der Waals surface area contributed by atoms with Crippen molar-refractivity contribution in [3.8, 4) is 23.1 Å². The van der Waals surface area contributed by atoms with Crippen molar-refractivity contribution in [2.45, 2.75) is 26.2 Å². The molecule has 0 aliphatic carbocycles. The van der Waals surface area contributed by atoms with Crippen molar-refractivity contribution in [2.24, 2.45) is 0 Å². The first-order valence-corrected chi connectivity index (χ1v) is 9.94. The van der Waals surface area contributed by atoms with Crippen LogP contribution in [0, 0.1) is 11.3 Å². The molecule has 0 bridgehead atoms. The zero-order valence-corrected chi connectivity index (χ0v) is 16.9. The monoisotopic (exact) mass is 412 g/mol. The molecule has 2 N–H and O–H groups in total. The molecule has 2 heterocycles. The lowest BCUT2D eigenvalue weighted by atomic mass is 9.97. The number of carboxylic acids is 1. The van der Waals surface area contributed by atoms with Crippen molar-refractivity contribution in [3.63, 3.8) is 0 Å². The van der Waals surface area contributed by atoms with E-state index >= 15 is 0 Å². The van der Waals surface area contributed by atoms with E-state index in [1.165, 1.54) is 10.6 Å². The largest absolute Gasteiger partial charge is 0.493 e. The van der Waals surface area contributed by atoms with Crippen molar-refractivity contribution in [3.05, 3.63) is 82.7 Å². The molecule has 7 heteroatoms. The number of carboxylic acid groups (broad SMARTS) is 1. The maximum Gasteiger partial charge on any atom is 0.356 e. The molecule has 0 saturated carbocycles. The summed E-state index contributed by atoms with van der Waals surface area (Å²) in [4.78, 5) is 15.8. The molecule has 2 aromatic heterocycles. The predicted molar refractivity (Wildman–Crippen MR) is 115 cm³/mol. The number of carbonyl (C=O) groups is 1. The third-order valence-electron chi connectivity index (χ3n) is 5.16. The van der Waals surface area contributed by atoms with Crippen LogP contribution in [0.2, 0.25) is 0 Å². The van der Waals surface area contributed by atoms with E-state index in [0.717, 1.165) is 28.8 Å². The molecule has 0 spiro atoms. The summed E-state index contributed by atoms with van der Waals surface area (Å²) in [6, 6.07) is 18.8. The van der Waals surface area contributed by atoms with E-state index in [0.29, 0.717) is 29.6 Å². The maximum absolute atomic E-state index is 11.3. The first-order chi connectivity index (χ1) is 15.0. The Labute approximate surface area is 178 Å². The summed E-state index contributed by atoms with van der Waals surface area (Å²) >= 11 is 0. The van der Waals surface area contributed by atoms with Crippen LogP contribution in [0.5, 0.6) is 5.88 Å². The Balaban J connectivity index is 1.72. The van der Waals surface area contributed by atoms with Crippen molar-refractivity contribution >= 4 is 11.6 Å². The molecule has 7 nitrogen and oxygen atoms in total. The van der Waals surface area contributed by atoms with Gasteiger partial charge in [-0.05, 0) is 29.2 Å². The van der Waals surface area contributed by atoms with E-state index in [1.807, 2.05) is 49.4 Å². The zero-order chi connectivity index (χ0) is 22.0. The van der Waals surface area contributed by atoms with Crippen LogP contribution in [0.3, 0.4) is 0 Å². The molecule has 0 aliphatic rings. The maximum atomic E-state index is 11.3. The fourth-order valence-corrected chi connectivity index (χ4v) is 3.64. The van der Waals surface area contributed by atoms with E-state index in [4.69, 9.17) is 0 Å². The number of hydrogen-bond donors (Lipinski definition) is 2. The van der Waals surface area contributed by atoms with Crippen molar-refractivity contribution in [1.82, 2.24) is 14.6 Å². The Hall–Kier alpha value is -4.18. The summed E-state index contributed by atoms with van der Waals surface area (Å²) in [5.74, 6) is -1.27. The first kappa shape index (κ1) is 20.1. The van der Waals surface area contributed by atoms with E-state index in [2.05, 4.69) is 16.2 Å². The Morgan fingerprint density at radius 2 is 1.90 bits per heavy atom. The van der Waals surface area contributed by atoms with Gasteiger partial charge in [-0.1, -0.05) is 55.8 Å². The smallest absolute Gasteiger partial charge is 0.356 e. The minimum absolute atomic E-state index is 0.0974. The second kappa shape index (κ2) is 8.28. The number of fused-ring (bicyclic) bond motifs is 1. The van der Waals surface area contributed by atoms with Crippen LogP contribution in [0.1, 0.15) is 46.2 Å². The molecule has 0 fully saturated rings. The summed E-state index contributed by atoms with van der Waals surface area (Å²) < 4.78 is 1.18. The highest BCUT2D eigenvalue weighted by atomic mass is 16.4. The normalized spacial score (nSPS) is 10.8. The SMILES string of the molecule is CCCc1nc2cc(C(=O)O)nn2c(O)c1Cc1ccc(-c2ccccc2C#N)cc1. The molecule has 0 aliphatic heterocycles. The van der Waals surface area contributed by atoms with Gasteiger partial charge < -0.3 is 10.2 Å². The van der Waals surface area contributed by atoms with Gasteiger partial charge in [0, 0.05) is 18.1 Å². The van der Waals surface area contributed by atoms with Crippen molar-refractivity contribution in [1.29, 1.82) is 5.26 Å². The van der Waals surface area contributed by atoms with Crippen LogP contribution in [-0.4, -0.2) is 30.8 Å². The molecule has 2 aromatic carbocycles. The molecule has 0 atom stereocenters. The summed E-state index contributed by atoms with van der Waals surface area (Å²) in [5.41, 5.74) is 4.87. The molecule has 0 unspecified atom stereocenters. The fourth-order valence-electron chi connectivity index (χ4n) is 3.64. The number of hydrogen-bond acceptors (Lipinski definition) is 5. The van der Waals surface area contributed by atoms with Crippen LogP contribution in [0.4, 0.5) is 0 Å². The summed E-state index contributed by atoms with van der Waals surface area (Å²) in [7, 11) is 0. The number of aromatic carboxylic acids is 1. The number of benzene rings is 2. The second-order valence-electron chi connectivity index (χ2n) is 7.25. The average molecular weight is 412 g/mol. The molecule has 0 amide bonds. The molecule has 4 rings (SSSR count). The number of aryl methyl sites for hydroxylation is 1. The van der Waals surface area contributed by atoms with Crippen molar-refractivity contribution < 1.29 is 15.0 Å². The zero-order valence-electron chi connectivity index (χ0n) is 16.9. The number of nitrogens with zero attached hydrogens (tertiary/aromatic N) is 4. The van der Waals surface area contributed by atoms with Gasteiger partial charge in [0.1, 0.15) is 0 Å². The Morgan fingerprint density at radius 1 is 1.16 bits per heavy atom. The van der Waals surface area contributed by atoms with Gasteiger partial charge in [-0.15, -0.1) is 0 Å². The summed E-state index contributed by atoms with van der Waals surface area (Å²) in [6.07, 6.45) is 1.91. The molecule has 154 valence electrons. The van der Waals surface area contributed by atoms with Gasteiger partial charge in [-0.2, -0.15) is 14.9 Å². The van der Waals surface area contributed by atoms with Gasteiger partial charge in [0.2, 0.25) is 5.88 Å². The highest BCUT2D eigenvalue weighted by molar-refractivity contribution is 5.86. The Kier molecular flexibility index (Phi) is 5.37. The summed E-state index contributed by atoms with van der Waals surface area (Å²) in [6.45, 7) is 2.02. The Morgan fingerprint density at radius 3 is 2.58 bits per heavy atom. The molecular weight excluding hydrogens is 392 g/mol. The van der Waals surface area contributed by atoms with Gasteiger partial charge >= 0.3 is 5.97 Å². The Bertz CT molecular complexity index is 1320. The van der Waals surface area contributed by atoms with E-state index in [-0.39, 0.29) is 11.6 Å². The molecule has 4 aromatic rings. The number of rotatable bonds is 6. The van der Waals surface area contributed by atoms with Gasteiger partial charge in [0.15, 0.2) is 11.3 Å². The molecule has 0 saturated heterocycles. The van der Waals surface area contributed by atoms with Gasteiger partial charge in [-0.25, -0.2) is 9.78 Å². The van der Waals surface area contributed by atoms with E-state index in [9.17, 15) is 20.3 Å². The van der Waals surface area contributed by atoms with Crippen LogP contribution in [0.25, 0.3) is 16.8 Å². The molecular formula is C24H20N4O3. The highest BCUT2D eigenvalue weighted by Crippen LogP contribution is 2.28. The minimum Gasteiger partial charge on any atom is -0.493 e. The minimum atomic E-state index is -1.17. The third-order valence-corrected chi connectivity index (χ3v) is 5.16. The van der Waals surface area contributed by atoms with Crippen molar-refractivity contribution in [2.75, 3.05) is 0 Å². The van der Waals surface area contributed by atoms with Crippen LogP contribution in [-0.2, 0) is 12.8 Å². The fraction of sp³-hybridized carbons (Fsp3) is 0.167. The van der Waals surface area contributed by atoms with Gasteiger partial charge in [0.05, 0.1) is 17.3 Å². The number of aromatic hydroxyl groups is 1. The van der Waals surface area contributed by atoms with Gasteiger partial charge in [0.25, 0.3) is 0 Å². The lowest BCUT2D eigenvalue weighted by Crippen LogP contribution is -2.05. The quantitative estimate of drug-likeness (QED) is 0.491.